The Bertz CT molecular complexity index is 1200. The van der Waals surface area contributed by atoms with Crippen LogP contribution in [0.4, 0.5) is 5.82 Å². The predicted molar refractivity (Wildman–Crippen MR) is 119 cm³/mol. The van der Waals surface area contributed by atoms with Gasteiger partial charge in [-0.05, 0) is 46.7 Å². The summed E-state index contributed by atoms with van der Waals surface area (Å²) in [5.41, 5.74) is 2.83. The van der Waals surface area contributed by atoms with Gasteiger partial charge >= 0.3 is 0 Å². The van der Waals surface area contributed by atoms with Gasteiger partial charge in [-0.3, -0.25) is 4.90 Å². The first kappa shape index (κ1) is 18.2. The third kappa shape index (κ3) is 3.06. The van der Waals surface area contributed by atoms with Crippen LogP contribution in [0.15, 0.2) is 30.3 Å². The average molecular weight is 420 g/mol. The minimum Gasteiger partial charge on any atom is -0.356 e. The Labute approximate surface area is 179 Å². The van der Waals surface area contributed by atoms with Crippen molar-refractivity contribution in [3.05, 3.63) is 46.3 Å². The van der Waals surface area contributed by atoms with Gasteiger partial charge in [-0.2, -0.15) is 9.50 Å². The monoisotopic (exact) mass is 419 g/mol. The Hall–Kier alpha value is -2.58. The number of piperidine rings is 1. The SMILES string of the molecule is C[C@H]1CCCN(c2nc3nnnn3c3sc4c(c23)CCN(Cc2ccccc2)C4)C1. The van der Waals surface area contributed by atoms with Crippen molar-refractivity contribution in [2.75, 3.05) is 24.5 Å². The highest BCUT2D eigenvalue weighted by Gasteiger charge is 2.28. The van der Waals surface area contributed by atoms with Crippen LogP contribution in [0.3, 0.4) is 0 Å². The van der Waals surface area contributed by atoms with Crippen molar-refractivity contribution in [2.24, 2.45) is 5.92 Å². The molecule has 0 radical (unpaired) electrons. The molecule has 0 unspecified atom stereocenters. The fourth-order valence-corrected chi connectivity index (χ4v) is 6.27. The van der Waals surface area contributed by atoms with Crippen LogP contribution in [0, 0.1) is 5.92 Å². The molecule has 154 valence electrons. The molecular weight excluding hydrogens is 394 g/mol. The van der Waals surface area contributed by atoms with Gasteiger partial charge in [0.1, 0.15) is 10.6 Å². The molecule has 3 aromatic heterocycles. The minimum absolute atomic E-state index is 0.607. The molecule has 7 nitrogen and oxygen atoms in total. The first-order valence-corrected chi connectivity index (χ1v) is 11.6. The second-order valence-electron chi connectivity index (χ2n) is 8.65. The zero-order valence-corrected chi connectivity index (χ0v) is 18.0. The van der Waals surface area contributed by atoms with Gasteiger partial charge in [-0.1, -0.05) is 42.4 Å². The summed E-state index contributed by atoms with van der Waals surface area (Å²) in [4.78, 5) is 12.5. The average Bonchev–Trinajstić information content (AvgIpc) is 3.38. The summed E-state index contributed by atoms with van der Waals surface area (Å²) < 4.78 is 1.83. The topological polar surface area (TPSA) is 62.5 Å². The molecule has 0 amide bonds. The first-order chi connectivity index (χ1) is 14.8. The fourth-order valence-electron chi connectivity index (χ4n) is 4.94. The van der Waals surface area contributed by atoms with Crippen molar-refractivity contribution in [3.8, 4) is 0 Å². The van der Waals surface area contributed by atoms with Crippen LogP contribution in [0.2, 0.25) is 0 Å². The molecule has 8 heteroatoms. The van der Waals surface area contributed by atoms with Crippen LogP contribution in [0.1, 0.15) is 35.8 Å². The standard InChI is InChI=1S/C22H25N7S/c1-15-6-5-10-28(12-15)20-19-17-9-11-27(13-16-7-3-2-4-8-16)14-18(17)30-21(19)29-22(23-20)24-25-26-29/h2-4,7-8,15H,5-6,9-14H2,1H3/t15-/m0/s1. The maximum Gasteiger partial charge on any atom is 0.276 e. The van der Waals surface area contributed by atoms with Crippen molar-refractivity contribution in [3.63, 3.8) is 0 Å². The molecule has 0 N–H and O–H groups in total. The number of aromatic nitrogens is 5. The lowest BCUT2D eigenvalue weighted by Gasteiger charge is -2.33. The summed E-state index contributed by atoms with van der Waals surface area (Å²) in [6.45, 7) is 7.49. The number of anilines is 1. The van der Waals surface area contributed by atoms with E-state index in [-0.39, 0.29) is 0 Å². The van der Waals surface area contributed by atoms with Gasteiger partial charge in [0, 0.05) is 37.6 Å². The third-order valence-corrected chi connectivity index (χ3v) is 7.59. The first-order valence-electron chi connectivity index (χ1n) is 10.8. The summed E-state index contributed by atoms with van der Waals surface area (Å²) >= 11 is 1.84. The van der Waals surface area contributed by atoms with E-state index < -0.39 is 0 Å². The van der Waals surface area contributed by atoms with Crippen molar-refractivity contribution in [1.29, 1.82) is 0 Å². The molecule has 0 spiro atoms. The highest BCUT2D eigenvalue weighted by Crippen LogP contribution is 2.40. The van der Waals surface area contributed by atoms with Gasteiger partial charge in [0.2, 0.25) is 0 Å². The van der Waals surface area contributed by atoms with E-state index in [0.29, 0.717) is 11.7 Å². The summed E-state index contributed by atoms with van der Waals surface area (Å²) in [6, 6.07) is 10.7. The molecule has 2 aliphatic heterocycles. The summed E-state index contributed by atoms with van der Waals surface area (Å²) in [6.07, 6.45) is 3.57. The molecule has 4 aromatic rings. The van der Waals surface area contributed by atoms with Gasteiger partial charge in [-0.15, -0.1) is 11.3 Å². The molecule has 0 saturated carbocycles. The largest absolute Gasteiger partial charge is 0.356 e. The zero-order chi connectivity index (χ0) is 20.1. The third-order valence-electron chi connectivity index (χ3n) is 6.40. The van der Waals surface area contributed by atoms with Crippen molar-refractivity contribution < 1.29 is 0 Å². The Morgan fingerprint density at radius 3 is 2.93 bits per heavy atom. The Morgan fingerprint density at radius 2 is 2.07 bits per heavy atom. The number of benzene rings is 1. The van der Waals surface area contributed by atoms with E-state index in [0.717, 1.165) is 49.8 Å². The maximum atomic E-state index is 4.93. The predicted octanol–water partition coefficient (Wildman–Crippen LogP) is 3.53. The number of hydrogen-bond donors (Lipinski definition) is 0. The minimum atomic E-state index is 0.607. The Morgan fingerprint density at radius 1 is 1.17 bits per heavy atom. The zero-order valence-electron chi connectivity index (χ0n) is 17.2. The number of rotatable bonds is 3. The van der Waals surface area contributed by atoms with Crippen LogP contribution < -0.4 is 4.90 Å². The summed E-state index contributed by atoms with van der Waals surface area (Å²) in [5.74, 6) is 2.39. The van der Waals surface area contributed by atoms with E-state index in [9.17, 15) is 0 Å². The summed E-state index contributed by atoms with van der Waals surface area (Å²) in [5, 5.41) is 13.6. The number of nitrogens with zero attached hydrogens (tertiary/aromatic N) is 7. The van der Waals surface area contributed by atoms with E-state index in [1.807, 2.05) is 15.9 Å². The van der Waals surface area contributed by atoms with Crippen molar-refractivity contribution >= 4 is 33.1 Å². The van der Waals surface area contributed by atoms with Crippen LogP contribution in [0.25, 0.3) is 16.0 Å². The number of fused-ring (bicyclic) bond motifs is 5. The quantitative estimate of drug-likeness (QED) is 0.506. The highest BCUT2D eigenvalue weighted by molar-refractivity contribution is 7.19. The van der Waals surface area contributed by atoms with Crippen LogP contribution in [0.5, 0.6) is 0 Å². The lowest BCUT2D eigenvalue weighted by molar-refractivity contribution is 0.249. The molecule has 0 aliphatic carbocycles. The van der Waals surface area contributed by atoms with Gasteiger partial charge < -0.3 is 4.90 Å². The van der Waals surface area contributed by atoms with Crippen LogP contribution in [-0.2, 0) is 19.5 Å². The number of tetrazole rings is 1. The molecule has 1 saturated heterocycles. The fraction of sp³-hybridized carbons (Fsp3) is 0.455. The van der Waals surface area contributed by atoms with E-state index in [1.54, 1.807) is 0 Å². The van der Waals surface area contributed by atoms with Crippen molar-refractivity contribution in [1.82, 2.24) is 29.9 Å². The molecule has 6 rings (SSSR count). The maximum absolute atomic E-state index is 4.93. The van der Waals surface area contributed by atoms with Gasteiger partial charge in [0.25, 0.3) is 5.78 Å². The molecule has 2 aliphatic rings. The smallest absolute Gasteiger partial charge is 0.276 e. The molecule has 1 fully saturated rings. The Balaban J connectivity index is 1.42. The molecular formula is C22H25N7S. The van der Waals surface area contributed by atoms with Gasteiger partial charge in [0.15, 0.2) is 0 Å². The van der Waals surface area contributed by atoms with E-state index in [1.165, 1.54) is 34.2 Å². The van der Waals surface area contributed by atoms with Gasteiger partial charge in [-0.25, -0.2) is 0 Å². The molecule has 1 atom stereocenters. The number of thiophene rings is 1. The molecule has 5 heterocycles. The molecule has 0 bridgehead atoms. The molecule has 30 heavy (non-hydrogen) atoms. The molecule has 1 aromatic carbocycles. The normalized spacial score (nSPS) is 20.2. The lowest BCUT2D eigenvalue weighted by atomic mass is 9.99. The van der Waals surface area contributed by atoms with E-state index in [2.05, 4.69) is 62.6 Å². The number of hydrogen-bond acceptors (Lipinski definition) is 7. The lowest BCUT2D eigenvalue weighted by Crippen LogP contribution is -2.35. The summed E-state index contributed by atoms with van der Waals surface area (Å²) in [7, 11) is 0. The second-order valence-corrected chi connectivity index (χ2v) is 9.73. The van der Waals surface area contributed by atoms with E-state index in [4.69, 9.17) is 4.98 Å². The van der Waals surface area contributed by atoms with Gasteiger partial charge in [0.05, 0.1) is 5.39 Å². The van der Waals surface area contributed by atoms with E-state index >= 15 is 0 Å². The van der Waals surface area contributed by atoms with Crippen molar-refractivity contribution in [2.45, 2.75) is 39.3 Å². The highest BCUT2D eigenvalue weighted by atomic mass is 32.1. The van der Waals surface area contributed by atoms with Crippen LogP contribution >= 0.6 is 11.3 Å². The van der Waals surface area contributed by atoms with Crippen LogP contribution in [-0.4, -0.2) is 49.6 Å². The Kier molecular flexibility index (Phi) is 4.42. The second kappa shape index (κ2) is 7.28.